The van der Waals surface area contributed by atoms with Crippen molar-refractivity contribution in [1.29, 1.82) is 0 Å². The predicted molar refractivity (Wildman–Crippen MR) is 141 cm³/mol. The summed E-state index contributed by atoms with van der Waals surface area (Å²) in [5, 5.41) is 6.53. The lowest BCUT2D eigenvalue weighted by atomic mass is 9.99. The lowest BCUT2D eigenvalue weighted by molar-refractivity contribution is -0.115. The summed E-state index contributed by atoms with van der Waals surface area (Å²) >= 11 is 1.63. The summed E-state index contributed by atoms with van der Waals surface area (Å²) in [5.41, 5.74) is 2.93. The van der Waals surface area contributed by atoms with Crippen molar-refractivity contribution < 1.29 is 4.79 Å². The molecule has 0 atom stereocenters. The highest BCUT2D eigenvalue weighted by Gasteiger charge is 2.17. The van der Waals surface area contributed by atoms with Crippen molar-refractivity contribution in [3.8, 4) is 0 Å². The van der Waals surface area contributed by atoms with Crippen molar-refractivity contribution in [1.82, 2.24) is 9.97 Å². The molecule has 5 rings (SSSR count). The lowest BCUT2D eigenvalue weighted by Gasteiger charge is -2.31. The quantitative estimate of drug-likeness (QED) is 0.375. The van der Waals surface area contributed by atoms with Crippen LogP contribution in [0.4, 0.5) is 11.5 Å². The molecule has 3 heterocycles. The van der Waals surface area contributed by atoms with Crippen molar-refractivity contribution in [2.75, 3.05) is 23.3 Å². The number of anilines is 2. The second-order valence-corrected chi connectivity index (χ2v) is 10.4. The fourth-order valence-corrected chi connectivity index (χ4v) is 5.66. The Balaban J connectivity index is 1.21. The number of benzene rings is 2. The number of hydrogen-bond donors (Lipinski definition) is 1. The van der Waals surface area contributed by atoms with Crippen LogP contribution in [0.3, 0.4) is 0 Å². The predicted octanol–water partition coefficient (Wildman–Crippen LogP) is 6.01. The molecule has 0 bridgehead atoms. The molecule has 0 radical (unpaired) electrons. The van der Waals surface area contributed by atoms with Gasteiger partial charge in [0.05, 0.1) is 29.0 Å². The number of pyridine rings is 1. The molecule has 1 saturated heterocycles. The fraction of sp³-hybridized carbons (Fsp3) is 0.321. The first-order valence-electron chi connectivity index (χ1n) is 12.0. The van der Waals surface area contributed by atoms with Crippen molar-refractivity contribution in [3.63, 3.8) is 0 Å². The van der Waals surface area contributed by atoms with Crippen LogP contribution in [0.2, 0.25) is 0 Å². The van der Waals surface area contributed by atoms with Gasteiger partial charge in [-0.15, -0.1) is 11.3 Å². The van der Waals surface area contributed by atoms with E-state index in [1.807, 2.05) is 19.1 Å². The molecule has 1 amide bonds. The number of carbonyl (C=O) groups excluding carboxylic acids is 1. The van der Waals surface area contributed by atoms with Crippen LogP contribution in [0.5, 0.6) is 0 Å². The Bertz CT molecular complexity index is 1280. The first kappa shape index (κ1) is 22.5. The van der Waals surface area contributed by atoms with Crippen LogP contribution in [0.1, 0.15) is 40.9 Å². The Kier molecular flexibility index (Phi) is 6.59. The van der Waals surface area contributed by atoms with E-state index >= 15 is 0 Å². The molecular weight excluding hydrogens is 440 g/mol. The zero-order chi connectivity index (χ0) is 23.5. The van der Waals surface area contributed by atoms with Gasteiger partial charge in [0.25, 0.3) is 0 Å². The maximum Gasteiger partial charge on any atom is 0.229 e. The zero-order valence-corrected chi connectivity index (χ0v) is 20.6. The molecule has 34 heavy (non-hydrogen) atoms. The Morgan fingerprint density at radius 1 is 1.09 bits per heavy atom. The summed E-state index contributed by atoms with van der Waals surface area (Å²) in [6.45, 7) is 6.39. The van der Waals surface area contributed by atoms with Gasteiger partial charge >= 0.3 is 0 Å². The van der Waals surface area contributed by atoms with Gasteiger partial charge in [-0.1, -0.05) is 49.4 Å². The Morgan fingerprint density at radius 2 is 1.88 bits per heavy atom. The van der Waals surface area contributed by atoms with Crippen LogP contribution in [0, 0.1) is 12.8 Å². The van der Waals surface area contributed by atoms with E-state index < -0.39 is 0 Å². The Hall–Kier alpha value is -3.25. The van der Waals surface area contributed by atoms with Gasteiger partial charge in [-0.25, -0.2) is 9.97 Å². The molecule has 1 aliphatic rings. The fourth-order valence-electron chi connectivity index (χ4n) is 4.57. The number of carbonyl (C=O) groups is 1. The molecule has 0 unspecified atom stereocenters. The van der Waals surface area contributed by atoms with E-state index in [1.165, 1.54) is 29.2 Å². The minimum absolute atomic E-state index is 0.0372. The van der Waals surface area contributed by atoms with E-state index in [-0.39, 0.29) is 5.91 Å². The van der Waals surface area contributed by atoms with Crippen LogP contribution >= 0.6 is 11.3 Å². The summed E-state index contributed by atoms with van der Waals surface area (Å²) in [5.74, 6) is 1.74. The van der Waals surface area contributed by atoms with E-state index in [9.17, 15) is 4.79 Å². The highest BCUT2D eigenvalue weighted by molar-refractivity contribution is 7.11. The van der Waals surface area contributed by atoms with E-state index in [0.717, 1.165) is 52.5 Å². The summed E-state index contributed by atoms with van der Waals surface area (Å²) in [6.07, 6.45) is 5.27. The highest BCUT2D eigenvalue weighted by atomic mass is 32.1. The van der Waals surface area contributed by atoms with E-state index in [2.05, 4.69) is 64.6 Å². The third-order valence-electron chi connectivity index (χ3n) is 6.62. The summed E-state index contributed by atoms with van der Waals surface area (Å²) < 4.78 is 0. The molecule has 4 aromatic rings. The van der Waals surface area contributed by atoms with Crippen molar-refractivity contribution in [3.05, 3.63) is 81.9 Å². The zero-order valence-electron chi connectivity index (χ0n) is 19.8. The number of aryl methyl sites for hydroxylation is 1. The highest BCUT2D eigenvalue weighted by Crippen LogP contribution is 2.26. The second-order valence-electron chi connectivity index (χ2n) is 9.23. The summed E-state index contributed by atoms with van der Waals surface area (Å²) in [7, 11) is 0. The number of fused-ring (bicyclic) bond motifs is 1. The maximum absolute atomic E-state index is 12.7. The topological polar surface area (TPSA) is 58.1 Å². The van der Waals surface area contributed by atoms with E-state index in [1.54, 1.807) is 17.5 Å². The second kappa shape index (κ2) is 9.94. The van der Waals surface area contributed by atoms with Crippen LogP contribution in [0.25, 0.3) is 10.8 Å². The molecule has 2 aromatic carbocycles. The largest absolute Gasteiger partial charge is 0.357 e. The SMILES string of the molecule is Cc1nc(Cc2cccc3ccccc23)sc1CC(=O)Nc1ccc(N2CCC(C)CC2)nc1. The maximum atomic E-state index is 12.7. The molecule has 0 aliphatic carbocycles. The van der Waals surface area contributed by atoms with Gasteiger partial charge in [0.2, 0.25) is 5.91 Å². The van der Waals surface area contributed by atoms with Crippen LogP contribution in [-0.2, 0) is 17.6 Å². The third-order valence-corrected chi connectivity index (χ3v) is 7.78. The number of nitrogens with zero attached hydrogens (tertiary/aromatic N) is 3. The molecule has 5 nitrogen and oxygen atoms in total. The van der Waals surface area contributed by atoms with Gasteiger partial charge in [0.1, 0.15) is 5.82 Å². The number of thiazole rings is 1. The minimum atomic E-state index is -0.0372. The molecule has 1 N–H and O–H groups in total. The van der Waals surface area contributed by atoms with Crippen molar-refractivity contribution in [2.24, 2.45) is 5.92 Å². The van der Waals surface area contributed by atoms with Crippen LogP contribution in [-0.4, -0.2) is 29.0 Å². The Morgan fingerprint density at radius 3 is 2.68 bits per heavy atom. The molecule has 0 saturated carbocycles. The first-order chi connectivity index (χ1) is 16.5. The van der Waals surface area contributed by atoms with Gasteiger partial charge in [0.15, 0.2) is 0 Å². The third kappa shape index (κ3) is 5.12. The number of amides is 1. The van der Waals surface area contributed by atoms with Crippen LogP contribution < -0.4 is 10.2 Å². The summed E-state index contributed by atoms with van der Waals surface area (Å²) in [6, 6.07) is 18.8. The normalized spacial score (nSPS) is 14.5. The van der Waals surface area contributed by atoms with Crippen molar-refractivity contribution >= 4 is 39.5 Å². The lowest BCUT2D eigenvalue weighted by Crippen LogP contribution is -2.33. The average molecular weight is 471 g/mol. The first-order valence-corrected chi connectivity index (χ1v) is 12.8. The summed E-state index contributed by atoms with van der Waals surface area (Å²) in [4.78, 5) is 25.4. The number of hydrogen-bond acceptors (Lipinski definition) is 5. The Labute approximate surface area is 204 Å². The van der Waals surface area contributed by atoms with Gasteiger partial charge in [-0.05, 0) is 54.2 Å². The molecule has 2 aromatic heterocycles. The van der Waals surface area contributed by atoms with Gasteiger partial charge < -0.3 is 10.2 Å². The smallest absolute Gasteiger partial charge is 0.229 e. The minimum Gasteiger partial charge on any atom is -0.357 e. The molecule has 1 aliphatic heterocycles. The molecule has 6 heteroatoms. The monoisotopic (exact) mass is 470 g/mol. The standard InChI is InChI=1S/C28H30N4OS/c1-19-12-14-32(15-13-19)26-11-10-23(18-29-26)31-27(33)17-25-20(2)30-28(34-25)16-22-8-5-7-21-6-3-4-9-24(21)22/h3-11,18-19H,12-17H2,1-2H3,(H,31,33). The number of piperidine rings is 1. The van der Waals surface area contributed by atoms with Gasteiger partial charge in [0, 0.05) is 24.4 Å². The molecular formula is C28H30N4OS. The number of rotatable bonds is 6. The van der Waals surface area contributed by atoms with Crippen LogP contribution in [0.15, 0.2) is 60.8 Å². The van der Waals surface area contributed by atoms with Gasteiger partial charge in [-0.3, -0.25) is 4.79 Å². The molecule has 174 valence electrons. The average Bonchev–Trinajstić information content (AvgIpc) is 3.18. The molecule has 1 fully saturated rings. The van der Waals surface area contributed by atoms with Gasteiger partial charge in [-0.2, -0.15) is 0 Å². The van der Waals surface area contributed by atoms with Crippen molar-refractivity contribution in [2.45, 2.75) is 39.5 Å². The number of nitrogens with one attached hydrogen (secondary N) is 1. The van der Waals surface area contributed by atoms with E-state index in [4.69, 9.17) is 4.98 Å². The molecule has 0 spiro atoms. The number of aromatic nitrogens is 2. The van der Waals surface area contributed by atoms with E-state index in [0.29, 0.717) is 6.42 Å².